The second-order valence-corrected chi connectivity index (χ2v) is 13.0. The summed E-state index contributed by atoms with van der Waals surface area (Å²) in [5.74, 6) is 0.273. The standard InChI is InChI=1S/C36H36F3N3O8/c1-16-10-20-12-23-35(46)42-24(29(41-23)27(20)30(45)31(16)47-4)13-22-28(34-33(48-15-49-34)17(2)32(22)50-18(3)43)25(42)14-40-26(44)9-8-19-6-5-7-21(11-19)36(37,38)39/h5-11,23-25,29,35,41,45-46H,12-15H2,1-4H3,(H,40,44)/b9-8+/t23-,24?,25-,29-,35-/m0/s1. The molecule has 1 fully saturated rings. The van der Waals surface area contributed by atoms with Crippen molar-refractivity contribution in [3.05, 3.63) is 80.9 Å². The summed E-state index contributed by atoms with van der Waals surface area (Å²) in [6.07, 6.45) is -2.52. The molecular formula is C36H36F3N3O8. The third-order valence-corrected chi connectivity index (χ3v) is 9.95. The second-order valence-electron chi connectivity index (χ2n) is 13.0. The molecule has 50 heavy (non-hydrogen) atoms. The number of aromatic hydroxyl groups is 1. The van der Waals surface area contributed by atoms with Crippen molar-refractivity contribution in [3.63, 3.8) is 0 Å². The first-order valence-corrected chi connectivity index (χ1v) is 16.2. The number of amides is 1. The molecule has 3 aromatic carbocycles. The third-order valence-electron chi connectivity index (χ3n) is 9.95. The molecule has 0 saturated carbocycles. The normalized spacial score (nSPS) is 23.6. The van der Waals surface area contributed by atoms with Gasteiger partial charge in [0.2, 0.25) is 12.7 Å². The zero-order valence-electron chi connectivity index (χ0n) is 27.7. The number of ether oxygens (including phenoxy) is 4. The van der Waals surface area contributed by atoms with E-state index in [1.165, 1.54) is 32.2 Å². The summed E-state index contributed by atoms with van der Waals surface area (Å²) in [6, 6.07) is 4.33. The minimum atomic E-state index is -4.53. The van der Waals surface area contributed by atoms with E-state index in [9.17, 15) is 33.0 Å². The van der Waals surface area contributed by atoms with Crippen molar-refractivity contribution in [1.82, 2.24) is 15.5 Å². The summed E-state index contributed by atoms with van der Waals surface area (Å²) in [7, 11) is 1.48. The fraction of sp³-hybridized carbons (Fsp3) is 0.389. The predicted octanol–water partition coefficient (Wildman–Crippen LogP) is 4.38. The molecular weight excluding hydrogens is 659 g/mol. The maximum atomic E-state index is 13.2. The number of fused-ring (bicyclic) bond motifs is 9. The summed E-state index contributed by atoms with van der Waals surface area (Å²) in [5, 5.41) is 29.9. The van der Waals surface area contributed by atoms with Crippen molar-refractivity contribution in [2.75, 3.05) is 20.4 Å². The number of phenolic OH excluding ortho intramolecular Hbond substituents is 1. The Bertz CT molecular complexity index is 1930. The molecule has 7 rings (SSSR count). The van der Waals surface area contributed by atoms with Crippen LogP contribution in [0.1, 0.15) is 63.5 Å². The highest BCUT2D eigenvalue weighted by Gasteiger charge is 2.54. The number of alkyl halides is 3. The van der Waals surface area contributed by atoms with Crippen LogP contribution in [-0.2, 0) is 28.6 Å². The molecule has 1 saturated heterocycles. The Balaban J connectivity index is 1.31. The van der Waals surface area contributed by atoms with Gasteiger partial charge in [-0.3, -0.25) is 14.5 Å². The summed E-state index contributed by atoms with van der Waals surface area (Å²) in [4.78, 5) is 27.5. The molecule has 0 spiro atoms. The number of carbonyl (C=O) groups is 2. The third kappa shape index (κ3) is 5.60. The molecule has 264 valence electrons. The maximum absolute atomic E-state index is 13.2. The van der Waals surface area contributed by atoms with Crippen LogP contribution in [0.3, 0.4) is 0 Å². The van der Waals surface area contributed by atoms with Crippen molar-refractivity contribution in [2.24, 2.45) is 0 Å². The van der Waals surface area contributed by atoms with Crippen LogP contribution in [0.5, 0.6) is 28.7 Å². The molecule has 0 aliphatic carbocycles. The highest BCUT2D eigenvalue weighted by molar-refractivity contribution is 5.91. The van der Waals surface area contributed by atoms with Gasteiger partial charge in [0.15, 0.2) is 23.0 Å². The van der Waals surface area contributed by atoms with E-state index in [2.05, 4.69) is 10.6 Å². The van der Waals surface area contributed by atoms with Crippen LogP contribution in [0.25, 0.3) is 6.08 Å². The Hall–Kier alpha value is -4.79. The van der Waals surface area contributed by atoms with E-state index in [1.807, 2.05) is 17.9 Å². The summed E-state index contributed by atoms with van der Waals surface area (Å²) >= 11 is 0. The first kappa shape index (κ1) is 33.7. The number of halogens is 3. The Labute approximate surface area is 285 Å². The monoisotopic (exact) mass is 695 g/mol. The molecule has 4 aliphatic heterocycles. The lowest BCUT2D eigenvalue weighted by Crippen LogP contribution is -2.69. The van der Waals surface area contributed by atoms with Crippen LogP contribution in [0.2, 0.25) is 0 Å². The molecule has 5 atom stereocenters. The maximum Gasteiger partial charge on any atom is 0.416 e. The van der Waals surface area contributed by atoms with E-state index in [1.54, 1.807) is 6.92 Å². The number of benzene rings is 3. The lowest BCUT2D eigenvalue weighted by atomic mass is 9.74. The van der Waals surface area contributed by atoms with E-state index in [0.717, 1.165) is 29.3 Å². The van der Waals surface area contributed by atoms with Crippen molar-refractivity contribution in [3.8, 4) is 28.7 Å². The van der Waals surface area contributed by atoms with E-state index in [4.69, 9.17) is 18.9 Å². The SMILES string of the molecule is COc1c(C)cc2c(c1O)[C@H]1N[C@@H](C2)[C@H](O)N2C1Cc1c(OC(C)=O)c(C)c3c(c1[C@@H]2CNC(=O)/C=C/c1cccc(C(F)(F)F)c1)OCO3. The zero-order valence-corrected chi connectivity index (χ0v) is 27.7. The molecule has 3 aromatic rings. The number of phenols is 1. The number of rotatable bonds is 6. The smallest absolute Gasteiger partial charge is 0.416 e. The number of piperazine rings is 1. The Morgan fingerprint density at radius 3 is 2.60 bits per heavy atom. The topological polar surface area (TPSA) is 139 Å². The van der Waals surface area contributed by atoms with Crippen LogP contribution >= 0.6 is 0 Å². The second kappa shape index (κ2) is 12.5. The minimum Gasteiger partial charge on any atom is -0.504 e. The van der Waals surface area contributed by atoms with Gasteiger partial charge >= 0.3 is 12.1 Å². The van der Waals surface area contributed by atoms with Crippen molar-refractivity contribution >= 4 is 18.0 Å². The number of hydrogen-bond acceptors (Lipinski definition) is 10. The number of methoxy groups -OCH3 is 1. The highest BCUT2D eigenvalue weighted by Crippen LogP contribution is 2.56. The number of aliphatic hydroxyl groups excluding tert-OH is 1. The highest BCUT2D eigenvalue weighted by atomic mass is 19.4. The van der Waals surface area contributed by atoms with Crippen LogP contribution in [0, 0.1) is 13.8 Å². The van der Waals surface area contributed by atoms with Crippen LogP contribution in [0.15, 0.2) is 36.4 Å². The fourth-order valence-corrected chi connectivity index (χ4v) is 7.95. The Morgan fingerprint density at radius 1 is 1.12 bits per heavy atom. The van der Waals surface area contributed by atoms with Crippen molar-refractivity contribution in [2.45, 2.75) is 70.2 Å². The van der Waals surface area contributed by atoms with Gasteiger partial charge in [0, 0.05) is 47.8 Å². The average molecular weight is 696 g/mol. The quantitative estimate of drug-likeness (QED) is 0.167. The predicted molar refractivity (Wildman–Crippen MR) is 173 cm³/mol. The van der Waals surface area contributed by atoms with E-state index >= 15 is 0 Å². The van der Waals surface area contributed by atoms with Crippen molar-refractivity contribution < 1.29 is 51.9 Å². The van der Waals surface area contributed by atoms with Crippen LogP contribution in [-0.4, -0.2) is 65.7 Å². The molecule has 0 radical (unpaired) electrons. The van der Waals surface area contributed by atoms with Gasteiger partial charge in [-0.2, -0.15) is 13.2 Å². The lowest BCUT2D eigenvalue weighted by molar-refractivity contribution is -0.137. The molecule has 14 heteroatoms. The lowest BCUT2D eigenvalue weighted by Gasteiger charge is -2.56. The molecule has 4 aliphatic rings. The van der Waals surface area contributed by atoms with Gasteiger partial charge in [-0.05, 0) is 61.6 Å². The van der Waals surface area contributed by atoms with Gasteiger partial charge in [-0.15, -0.1) is 0 Å². The first-order chi connectivity index (χ1) is 23.8. The zero-order chi connectivity index (χ0) is 35.6. The van der Waals surface area contributed by atoms with Gasteiger partial charge in [0.1, 0.15) is 12.0 Å². The largest absolute Gasteiger partial charge is 0.504 e. The van der Waals surface area contributed by atoms with Gasteiger partial charge in [0.25, 0.3) is 0 Å². The number of nitrogens with one attached hydrogen (secondary N) is 2. The fourth-order valence-electron chi connectivity index (χ4n) is 7.95. The van der Waals surface area contributed by atoms with E-state index in [-0.39, 0.29) is 36.8 Å². The number of hydrogen-bond donors (Lipinski definition) is 4. The summed E-state index contributed by atoms with van der Waals surface area (Å²) < 4.78 is 62.9. The Kier molecular flexibility index (Phi) is 8.43. The van der Waals surface area contributed by atoms with Crippen LogP contribution < -0.4 is 29.6 Å². The van der Waals surface area contributed by atoms with Gasteiger partial charge in [-0.25, -0.2) is 0 Å². The molecule has 1 amide bonds. The number of nitrogens with zero attached hydrogens (tertiary/aromatic N) is 1. The summed E-state index contributed by atoms with van der Waals surface area (Å²) in [5.41, 5.74) is 3.36. The minimum absolute atomic E-state index is 0.00718. The van der Waals surface area contributed by atoms with Crippen molar-refractivity contribution in [1.29, 1.82) is 0 Å². The van der Waals surface area contributed by atoms with Gasteiger partial charge < -0.3 is 39.8 Å². The van der Waals surface area contributed by atoms with Crippen LogP contribution in [0.4, 0.5) is 13.2 Å². The first-order valence-electron chi connectivity index (χ1n) is 16.2. The molecule has 11 nitrogen and oxygen atoms in total. The number of esters is 1. The molecule has 1 unspecified atom stereocenters. The number of carbonyl (C=O) groups excluding carboxylic acids is 2. The number of aliphatic hydroxyl groups is 1. The molecule has 0 aromatic heterocycles. The summed E-state index contributed by atoms with van der Waals surface area (Å²) in [6.45, 7) is 4.73. The molecule has 2 bridgehead atoms. The average Bonchev–Trinajstić information content (AvgIpc) is 3.56. The van der Waals surface area contributed by atoms with E-state index in [0.29, 0.717) is 45.9 Å². The van der Waals surface area contributed by atoms with E-state index < -0.39 is 54.0 Å². The number of aryl methyl sites for hydroxylation is 1. The Morgan fingerprint density at radius 2 is 1.88 bits per heavy atom. The molecule has 4 N–H and O–H groups in total. The van der Waals surface area contributed by atoms with Gasteiger partial charge in [0.05, 0.1) is 30.8 Å². The molecule has 4 heterocycles. The van der Waals surface area contributed by atoms with Gasteiger partial charge in [-0.1, -0.05) is 18.2 Å².